The van der Waals surface area contributed by atoms with Crippen molar-refractivity contribution >= 4 is 23.2 Å². The maximum atomic E-state index is 13.9. The Morgan fingerprint density at radius 2 is 1.96 bits per heavy atom. The summed E-state index contributed by atoms with van der Waals surface area (Å²) >= 11 is 0. The van der Waals surface area contributed by atoms with E-state index in [1.165, 1.54) is 11.0 Å². The molecule has 1 aliphatic rings. The lowest BCUT2D eigenvalue weighted by atomic mass is 10.1. The summed E-state index contributed by atoms with van der Waals surface area (Å²) in [4.78, 5) is 26.0. The summed E-state index contributed by atoms with van der Waals surface area (Å²) in [6.45, 7) is 4.10. The van der Waals surface area contributed by atoms with Crippen LogP contribution in [0.15, 0.2) is 42.5 Å². The van der Waals surface area contributed by atoms with Crippen molar-refractivity contribution in [1.29, 1.82) is 0 Å². The van der Waals surface area contributed by atoms with Crippen molar-refractivity contribution in [2.75, 3.05) is 16.8 Å². The molecule has 3 rings (SSSR count). The lowest BCUT2D eigenvalue weighted by Gasteiger charge is -2.17. The molecule has 0 bridgehead atoms. The molecule has 1 atom stereocenters. The number of hydrogen-bond donors (Lipinski definition) is 1. The number of hydrogen-bond acceptors (Lipinski definition) is 2. The van der Waals surface area contributed by atoms with Crippen molar-refractivity contribution in [3.63, 3.8) is 0 Å². The van der Waals surface area contributed by atoms with Crippen molar-refractivity contribution in [3.8, 4) is 0 Å². The van der Waals surface area contributed by atoms with E-state index in [1.54, 1.807) is 18.2 Å². The van der Waals surface area contributed by atoms with Gasteiger partial charge in [0.25, 0.3) is 0 Å². The zero-order valence-corrected chi connectivity index (χ0v) is 13.7. The lowest BCUT2D eigenvalue weighted by Crippen LogP contribution is -2.28. The fourth-order valence-electron chi connectivity index (χ4n) is 2.98. The smallest absolute Gasteiger partial charge is 0.229 e. The Hall–Kier alpha value is -2.69. The monoisotopic (exact) mass is 326 g/mol. The number of carbonyl (C=O) groups excluding carboxylic acids is 2. The third-order valence-electron chi connectivity index (χ3n) is 4.28. The summed E-state index contributed by atoms with van der Waals surface area (Å²) in [5.74, 6) is -1.39. The summed E-state index contributed by atoms with van der Waals surface area (Å²) in [5, 5.41) is 2.87. The first-order valence-electron chi connectivity index (χ1n) is 7.88. The molecular weight excluding hydrogens is 307 g/mol. The van der Waals surface area contributed by atoms with Crippen molar-refractivity contribution < 1.29 is 14.0 Å². The minimum atomic E-state index is -0.488. The van der Waals surface area contributed by atoms with Gasteiger partial charge in [0, 0.05) is 18.7 Å². The Morgan fingerprint density at radius 3 is 2.67 bits per heavy atom. The van der Waals surface area contributed by atoms with Gasteiger partial charge in [0.15, 0.2) is 0 Å². The number of benzene rings is 2. The first kappa shape index (κ1) is 16.2. The number of para-hydroxylation sites is 1. The summed E-state index contributed by atoms with van der Waals surface area (Å²) in [6, 6.07) is 11.9. The van der Waals surface area contributed by atoms with Crippen LogP contribution in [-0.4, -0.2) is 18.4 Å². The highest BCUT2D eigenvalue weighted by Gasteiger charge is 2.36. The third-order valence-corrected chi connectivity index (χ3v) is 4.28. The van der Waals surface area contributed by atoms with Crippen LogP contribution < -0.4 is 10.2 Å². The average molecular weight is 326 g/mol. The van der Waals surface area contributed by atoms with Crippen LogP contribution in [0.4, 0.5) is 15.8 Å². The number of rotatable bonds is 3. The molecule has 24 heavy (non-hydrogen) atoms. The second-order valence-corrected chi connectivity index (χ2v) is 6.16. The molecule has 1 unspecified atom stereocenters. The number of nitrogens with one attached hydrogen (secondary N) is 1. The topological polar surface area (TPSA) is 49.4 Å². The molecule has 0 radical (unpaired) electrons. The first-order valence-corrected chi connectivity index (χ1v) is 7.88. The molecule has 0 saturated carbocycles. The maximum Gasteiger partial charge on any atom is 0.229 e. The molecule has 5 heteroatoms. The second-order valence-electron chi connectivity index (χ2n) is 6.16. The highest BCUT2D eigenvalue weighted by atomic mass is 19.1. The van der Waals surface area contributed by atoms with Gasteiger partial charge < -0.3 is 10.2 Å². The van der Waals surface area contributed by atoms with Crippen LogP contribution in [-0.2, 0) is 9.59 Å². The molecule has 124 valence electrons. The van der Waals surface area contributed by atoms with Crippen LogP contribution in [0.3, 0.4) is 0 Å². The number of anilines is 2. The predicted molar refractivity (Wildman–Crippen MR) is 91.4 cm³/mol. The molecule has 2 aromatic carbocycles. The zero-order chi connectivity index (χ0) is 17.3. The number of amides is 2. The highest BCUT2D eigenvalue weighted by molar-refractivity contribution is 6.03. The first-order chi connectivity index (χ1) is 11.5. The quantitative estimate of drug-likeness (QED) is 0.939. The van der Waals surface area contributed by atoms with Gasteiger partial charge in [0.05, 0.1) is 11.6 Å². The van der Waals surface area contributed by atoms with Crippen LogP contribution in [0.25, 0.3) is 0 Å². The van der Waals surface area contributed by atoms with E-state index in [2.05, 4.69) is 5.32 Å². The molecule has 0 spiro atoms. The third kappa shape index (κ3) is 3.15. The van der Waals surface area contributed by atoms with E-state index in [-0.39, 0.29) is 30.5 Å². The number of carbonyl (C=O) groups is 2. The van der Waals surface area contributed by atoms with Gasteiger partial charge in [-0.3, -0.25) is 9.59 Å². The van der Waals surface area contributed by atoms with Gasteiger partial charge in [-0.2, -0.15) is 0 Å². The molecule has 0 aliphatic carbocycles. The average Bonchev–Trinajstić information content (AvgIpc) is 2.92. The number of nitrogens with zero attached hydrogens (tertiary/aromatic N) is 1. The van der Waals surface area contributed by atoms with E-state index in [0.717, 1.165) is 16.8 Å². The SMILES string of the molecule is Cc1ccc(NC(=O)C2CC(=O)N(c3ccccc3F)C2)c(C)c1. The summed E-state index contributed by atoms with van der Waals surface area (Å²) in [6.07, 6.45) is 0.0884. The van der Waals surface area contributed by atoms with Crippen LogP contribution in [0.1, 0.15) is 17.5 Å². The van der Waals surface area contributed by atoms with Gasteiger partial charge in [0.2, 0.25) is 11.8 Å². The van der Waals surface area contributed by atoms with E-state index in [1.807, 2.05) is 32.0 Å². The summed E-state index contributed by atoms with van der Waals surface area (Å²) in [5.41, 5.74) is 3.05. The summed E-state index contributed by atoms with van der Waals surface area (Å²) in [7, 11) is 0. The van der Waals surface area contributed by atoms with Crippen LogP contribution in [0.2, 0.25) is 0 Å². The Balaban J connectivity index is 1.73. The number of halogens is 1. The van der Waals surface area contributed by atoms with Crippen molar-refractivity contribution in [2.24, 2.45) is 5.92 Å². The number of aryl methyl sites for hydroxylation is 2. The Kier molecular flexibility index (Phi) is 4.34. The molecule has 2 amide bonds. The maximum absolute atomic E-state index is 13.9. The predicted octanol–water partition coefficient (Wildman–Crippen LogP) is 3.43. The Labute approximate surface area is 140 Å². The lowest BCUT2D eigenvalue weighted by molar-refractivity contribution is -0.122. The van der Waals surface area contributed by atoms with Gasteiger partial charge >= 0.3 is 0 Å². The van der Waals surface area contributed by atoms with Gasteiger partial charge in [-0.25, -0.2) is 4.39 Å². The molecule has 1 N–H and O–H groups in total. The Bertz CT molecular complexity index is 804. The van der Waals surface area contributed by atoms with Gasteiger partial charge in [-0.15, -0.1) is 0 Å². The fraction of sp³-hybridized carbons (Fsp3) is 0.263. The van der Waals surface area contributed by atoms with Crippen LogP contribution >= 0.6 is 0 Å². The van der Waals surface area contributed by atoms with Gasteiger partial charge in [-0.1, -0.05) is 29.8 Å². The molecule has 2 aromatic rings. The fourth-order valence-corrected chi connectivity index (χ4v) is 2.98. The molecule has 1 fully saturated rings. The van der Waals surface area contributed by atoms with E-state index >= 15 is 0 Å². The van der Waals surface area contributed by atoms with Crippen molar-refractivity contribution in [2.45, 2.75) is 20.3 Å². The van der Waals surface area contributed by atoms with E-state index in [4.69, 9.17) is 0 Å². The van der Waals surface area contributed by atoms with E-state index < -0.39 is 11.7 Å². The van der Waals surface area contributed by atoms with Gasteiger partial charge in [0.1, 0.15) is 5.82 Å². The van der Waals surface area contributed by atoms with E-state index in [0.29, 0.717) is 0 Å². The molecular formula is C19H19FN2O2. The molecule has 0 aromatic heterocycles. The minimum Gasteiger partial charge on any atom is -0.326 e. The van der Waals surface area contributed by atoms with Crippen LogP contribution in [0, 0.1) is 25.6 Å². The normalized spacial score (nSPS) is 17.2. The molecule has 4 nitrogen and oxygen atoms in total. The van der Waals surface area contributed by atoms with Gasteiger partial charge in [-0.05, 0) is 37.6 Å². The van der Waals surface area contributed by atoms with Crippen LogP contribution in [0.5, 0.6) is 0 Å². The molecule has 1 saturated heterocycles. The van der Waals surface area contributed by atoms with Crippen molar-refractivity contribution in [1.82, 2.24) is 0 Å². The van der Waals surface area contributed by atoms with E-state index in [9.17, 15) is 14.0 Å². The minimum absolute atomic E-state index is 0.0884. The largest absolute Gasteiger partial charge is 0.326 e. The Morgan fingerprint density at radius 1 is 1.21 bits per heavy atom. The molecule has 1 heterocycles. The summed E-state index contributed by atoms with van der Waals surface area (Å²) < 4.78 is 13.9. The highest BCUT2D eigenvalue weighted by Crippen LogP contribution is 2.28. The van der Waals surface area contributed by atoms with Crippen molar-refractivity contribution in [3.05, 3.63) is 59.4 Å². The molecule has 1 aliphatic heterocycles. The zero-order valence-electron chi connectivity index (χ0n) is 13.7. The second kappa shape index (κ2) is 6.43. The standard InChI is InChI=1S/C19H19FN2O2/c1-12-7-8-16(13(2)9-12)21-19(24)14-10-18(23)22(11-14)17-6-4-3-5-15(17)20/h3-9,14H,10-11H2,1-2H3,(H,21,24).